The molecule has 1 unspecified atom stereocenters. The zero-order chi connectivity index (χ0) is 13.9. The van der Waals surface area contributed by atoms with Gasteiger partial charge in [-0.2, -0.15) is 0 Å². The molecule has 0 saturated heterocycles. The van der Waals surface area contributed by atoms with Crippen LogP contribution < -0.4 is 10.6 Å². The third kappa shape index (κ3) is 3.35. The van der Waals surface area contributed by atoms with E-state index in [9.17, 15) is 0 Å². The molecule has 2 aromatic rings. The molecule has 1 aromatic heterocycles. The van der Waals surface area contributed by atoms with E-state index in [0.29, 0.717) is 6.04 Å². The van der Waals surface area contributed by atoms with E-state index < -0.39 is 0 Å². The maximum atomic E-state index is 4.59. The van der Waals surface area contributed by atoms with Crippen LogP contribution in [0, 0.1) is 6.92 Å². The minimum Gasteiger partial charge on any atom is -0.312 e. The molecule has 1 aliphatic rings. The van der Waals surface area contributed by atoms with E-state index in [-0.39, 0.29) is 0 Å². The van der Waals surface area contributed by atoms with Gasteiger partial charge in [0.25, 0.3) is 0 Å². The Balaban J connectivity index is 1.66. The first-order chi connectivity index (χ1) is 9.72. The summed E-state index contributed by atoms with van der Waals surface area (Å²) < 4.78 is 0. The molecule has 3 nitrogen and oxygen atoms in total. The van der Waals surface area contributed by atoms with Gasteiger partial charge in [-0.05, 0) is 44.4 Å². The lowest BCUT2D eigenvalue weighted by Gasteiger charge is -2.16. The zero-order valence-electron chi connectivity index (χ0n) is 12.3. The summed E-state index contributed by atoms with van der Waals surface area (Å²) in [6, 6.07) is 11.8. The van der Waals surface area contributed by atoms with Gasteiger partial charge in [0.15, 0.2) is 0 Å². The fraction of sp³-hybridized carbons (Fsp3) is 0.471. The second-order valence-electron chi connectivity index (χ2n) is 5.90. The average Bonchev–Trinajstić information content (AvgIpc) is 3.26. The highest BCUT2D eigenvalue weighted by Gasteiger charge is 2.20. The number of fused-ring (bicyclic) bond motifs is 1. The number of para-hydroxylation sites is 1. The number of nitrogens with zero attached hydrogens (tertiary/aromatic N) is 1. The summed E-state index contributed by atoms with van der Waals surface area (Å²) in [6.07, 6.45) is 2.70. The number of pyridine rings is 1. The van der Waals surface area contributed by atoms with Crippen molar-refractivity contribution in [2.45, 2.75) is 45.3 Å². The fourth-order valence-corrected chi connectivity index (χ4v) is 2.53. The molecular formula is C17H23N3. The molecule has 0 aliphatic heterocycles. The Bertz CT molecular complexity index is 590. The van der Waals surface area contributed by atoms with Gasteiger partial charge in [0.1, 0.15) is 0 Å². The molecule has 1 aliphatic carbocycles. The number of nitrogens with one attached hydrogen (secondary N) is 2. The minimum atomic E-state index is 0.489. The van der Waals surface area contributed by atoms with Crippen LogP contribution in [0.4, 0.5) is 0 Å². The molecule has 1 fully saturated rings. The predicted octanol–water partition coefficient (Wildman–Crippen LogP) is 2.77. The van der Waals surface area contributed by atoms with Gasteiger partial charge >= 0.3 is 0 Å². The Hall–Kier alpha value is -1.45. The van der Waals surface area contributed by atoms with E-state index in [2.05, 4.69) is 53.7 Å². The second-order valence-corrected chi connectivity index (χ2v) is 5.90. The van der Waals surface area contributed by atoms with Crippen LogP contribution in [0.1, 0.15) is 31.0 Å². The summed E-state index contributed by atoms with van der Waals surface area (Å²) in [5.74, 6) is 0. The molecule has 1 saturated carbocycles. The lowest BCUT2D eigenvalue weighted by atomic mass is 10.1. The van der Waals surface area contributed by atoms with Crippen molar-refractivity contribution in [2.75, 3.05) is 6.54 Å². The van der Waals surface area contributed by atoms with E-state index >= 15 is 0 Å². The largest absolute Gasteiger partial charge is 0.312 e. The summed E-state index contributed by atoms with van der Waals surface area (Å²) in [4.78, 5) is 4.59. The highest BCUT2D eigenvalue weighted by Crippen LogP contribution is 2.19. The number of aryl methyl sites for hydroxylation is 1. The molecule has 0 spiro atoms. The Morgan fingerprint density at radius 2 is 2.10 bits per heavy atom. The number of hydrogen-bond acceptors (Lipinski definition) is 3. The van der Waals surface area contributed by atoms with E-state index in [1.807, 2.05) is 6.07 Å². The Kier molecular flexibility index (Phi) is 3.99. The zero-order valence-corrected chi connectivity index (χ0v) is 12.3. The van der Waals surface area contributed by atoms with Crippen LogP contribution in [0.15, 0.2) is 30.3 Å². The first-order valence-electron chi connectivity index (χ1n) is 7.54. The van der Waals surface area contributed by atoms with Gasteiger partial charge in [-0.25, -0.2) is 0 Å². The van der Waals surface area contributed by atoms with E-state index in [4.69, 9.17) is 0 Å². The third-order valence-corrected chi connectivity index (χ3v) is 3.86. The molecule has 0 radical (unpaired) electrons. The van der Waals surface area contributed by atoms with Crippen LogP contribution in [0.5, 0.6) is 0 Å². The minimum absolute atomic E-state index is 0.489. The highest BCUT2D eigenvalue weighted by atomic mass is 15.0. The standard InChI is InChI=1S/C17H23N3/c1-12-9-14(16-5-3-4-6-17(16)20-12)11-18-13(2)10-19-15-7-8-15/h3-6,9,13,15,18-19H,7-8,10-11H2,1-2H3. The summed E-state index contributed by atoms with van der Waals surface area (Å²) in [6.45, 7) is 6.25. The molecule has 0 bridgehead atoms. The molecule has 1 heterocycles. The van der Waals surface area contributed by atoms with Crippen molar-refractivity contribution in [3.05, 3.63) is 41.6 Å². The second kappa shape index (κ2) is 5.90. The topological polar surface area (TPSA) is 37.0 Å². The summed E-state index contributed by atoms with van der Waals surface area (Å²) in [5.41, 5.74) is 3.52. The van der Waals surface area contributed by atoms with Crippen LogP contribution in [-0.4, -0.2) is 23.6 Å². The predicted molar refractivity (Wildman–Crippen MR) is 83.8 cm³/mol. The van der Waals surface area contributed by atoms with Crippen molar-refractivity contribution in [1.29, 1.82) is 0 Å². The molecule has 1 atom stereocenters. The van der Waals surface area contributed by atoms with Crippen LogP contribution >= 0.6 is 0 Å². The van der Waals surface area contributed by atoms with Crippen molar-refractivity contribution >= 4 is 10.9 Å². The molecule has 106 valence electrons. The first kappa shape index (κ1) is 13.5. The van der Waals surface area contributed by atoms with Crippen molar-refractivity contribution in [3.63, 3.8) is 0 Å². The maximum Gasteiger partial charge on any atom is 0.0708 e. The van der Waals surface area contributed by atoms with Gasteiger partial charge in [-0.3, -0.25) is 4.98 Å². The summed E-state index contributed by atoms with van der Waals surface area (Å²) in [5, 5.41) is 8.43. The number of rotatable bonds is 6. The average molecular weight is 269 g/mol. The van der Waals surface area contributed by atoms with Gasteiger partial charge in [0, 0.05) is 36.3 Å². The maximum absolute atomic E-state index is 4.59. The Morgan fingerprint density at radius 1 is 1.30 bits per heavy atom. The lowest BCUT2D eigenvalue weighted by molar-refractivity contribution is 0.500. The van der Waals surface area contributed by atoms with E-state index in [0.717, 1.165) is 30.3 Å². The third-order valence-electron chi connectivity index (χ3n) is 3.86. The molecule has 0 amide bonds. The smallest absolute Gasteiger partial charge is 0.0708 e. The van der Waals surface area contributed by atoms with E-state index in [1.165, 1.54) is 23.8 Å². The summed E-state index contributed by atoms with van der Waals surface area (Å²) >= 11 is 0. The summed E-state index contributed by atoms with van der Waals surface area (Å²) in [7, 11) is 0. The monoisotopic (exact) mass is 269 g/mol. The highest BCUT2D eigenvalue weighted by molar-refractivity contribution is 5.82. The molecule has 20 heavy (non-hydrogen) atoms. The number of benzene rings is 1. The lowest BCUT2D eigenvalue weighted by Crippen LogP contribution is -2.36. The van der Waals surface area contributed by atoms with Crippen molar-refractivity contribution < 1.29 is 0 Å². The van der Waals surface area contributed by atoms with Gasteiger partial charge in [0.2, 0.25) is 0 Å². The molecule has 3 heteroatoms. The van der Waals surface area contributed by atoms with Crippen LogP contribution in [0.2, 0.25) is 0 Å². The Labute approximate surface area is 120 Å². The first-order valence-corrected chi connectivity index (χ1v) is 7.54. The van der Waals surface area contributed by atoms with Crippen molar-refractivity contribution in [3.8, 4) is 0 Å². The van der Waals surface area contributed by atoms with Gasteiger partial charge < -0.3 is 10.6 Å². The van der Waals surface area contributed by atoms with Crippen molar-refractivity contribution in [1.82, 2.24) is 15.6 Å². The normalized spacial score (nSPS) is 16.5. The van der Waals surface area contributed by atoms with Crippen LogP contribution in [0.25, 0.3) is 10.9 Å². The molecule has 1 aromatic carbocycles. The van der Waals surface area contributed by atoms with Gasteiger partial charge in [-0.15, -0.1) is 0 Å². The van der Waals surface area contributed by atoms with Crippen molar-refractivity contribution in [2.24, 2.45) is 0 Å². The molecule has 2 N–H and O–H groups in total. The number of aromatic nitrogens is 1. The molecular weight excluding hydrogens is 246 g/mol. The van der Waals surface area contributed by atoms with Crippen LogP contribution in [0.3, 0.4) is 0 Å². The molecule has 3 rings (SSSR count). The fourth-order valence-electron chi connectivity index (χ4n) is 2.53. The van der Waals surface area contributed by atoms with Crippen LogP contribution in [-0.2, 0) is 6.54 Å². The SMILES string of the molecule is Cc1cc(CNC(C)CNC2CC2)c2ccccc2n1. The number of hydrogen-bond donors (Lipinski definition) is 2. The Morgan fingerprint density at radius 3 is 2.90 bits per heavy atom. The van der Waals surface area contributed by atoms with E-state index in [1.54, 1.807) is 0 Å². The quantitative estimate of drug-likeness (QED) is 0.846. The van der Waals surface area contributed by atoms with Gasteiger partial charge in [0.05, 0.1) is 5.52 Å². The van der Waals surface area contributed by atoms with Gasteiger partial charge in [-0.1, -0.05) is 18.2 Å².